The van der Waals surface area contributed by atoms with Crippen LogP contribution >= 0.6 is 22.9 Å². The Morgan fingerprint density at radius 1 is 1.12 bits per heavy atom. The van der Waals surface area contributed by atoms with Crippen molar-refractivity contribution < 1.29 is 27.5 Å². The van der Waals surface area contributed by atoms with Gasteiger partial charge in [-0.15, -0.1) is 11.3 Å². The van der Waals surface area contributed by atoms with Crippen molar-refractivity contribution in [2.45, 2.75) is 19.1 Å². The Kier molecular flexibility index (Phi) is 6.89. The molecule has 3 aromatic rings. The molecule has 0 radical (unpaired) electrons. The Hall–Kier alpha value is -3.32. The van der Waals surface area contributed by atoms with Crippen LogP contribution < -0.4 is 15.4 Å². The summed E-state index contributed by atoms with van der Waals surface area (Å²) in [6.45, 7) is 1.65. The Labute approximate surface area is 188 Å². The number of pyridine rings is 1. The summed E-state index contributed by atoms with van der Waals surface area (Å²) in [6.07, 6.45) is -1.47. The molecule has 2 amide bonds. The number of hydrogen-bond donors (Lipinski definition) is 2. The van der Waals surface area contributed by atoms with Crippen LogP contribution in [0.5, 0.6) is 5.88 Å². The number of hydrogen-bond acceptors (Lipinski definition) is 8. The lowest BCUT2D eigenvalue weighted by Gasteiger charge is -2.11. The van der Waals surface area contributed by atoms with Gasteiger partial charge in [-0.05, 0) is 13.0 Å². The molecule has 32 heavy (non-hydrogen) atoms. The summed E-state index contributed by atoms with van der Waals surface area (Å²) < 4.78 is 43.8. The van der Waals surface area contributed by atoms with Gasteiger partial charge in [0.25, 0.3) is 11.8 Å². The van der Waals surface area contributed by atoms with E-state index >= 15 is 0 Å². The molecule has 3 rings (SSSR count). The highest BCUT2D eigenvalue weighted by Crippen LogP contribution is 2.35. The molecule has 2 N–H and O–H groups in total. The second-order valence-electron chi connectivity index (χ2n) is 6.20. The fourth-order valence-electron chi connectivity index (χ4n) is 2.40. The first kappa shape index (κ1) is 23.3. The number of aromatic nitrogens is 4. The fourth-order valence-corrected chi connectivity index (χ4v) is 3.43. The van der Waals surface area contributed by atoms with Crippen molar-refractivity contribution in [3.05, 3.63) is 57.0 Å². The summed E-state index contributed by atoms with van der Waals surface area (Å²) in [7, 11) is 1.40. The van der Waals surface area contributed by atoms with Crippen molar-refractivity contribution in [2.75, 3.05) is 12.4 Å². The number of anilines is 1. The predicted molar refractivity (Wildman–Crippen MR) is 109 cm³/mol. The van der Waals surface area contributed by atoms with Crippen molar-refractivity contribution in [3.63, 3.8) is 0 Å². The van der Waals surface area contributed by atoms with Gasteiger partial charge in [0.05, 0.1) is 29.9 Å². The van der Waals surface area contributed by atoms with Crippen LogP contribution in [0.4, 0.5) is 19.0 Å². The highest BCUT2D eigenvalue weighted by molar-refractivity contribution is 7.13. The number of nitrogens with zero attached hydrogens (tertiary/aromatic N) is 4. The van der Waals surface area contributed by atoms with Gasteiger partial charge in [-0.25, -0.2) is 19.9 Å². The molecule has 0 aliphatic heterocycles. The van der Waals surface area contributed by atoms with Crippen LogP contribution in [0.15, 0.2) is 30.9 Å². The summed E-state index contributed by atoms with van der Waals surface area (Å²) in [5.74, 6) is -1.32. The Morgan fingerprint density at radius 2 is 1.88 bits per heavy atom. The molecule has 9 nitrogen and oxygen atoms in total. The molecule has 1 unspecified atom stereocenters. The smallest absolute Gasteiger partial charge is 0.418 e. The number of carbonyl (C=O) groups is 2. The largest absolute Gasteiger partial charge is 0.481 e. The van der Waals surface area contributed by atoms with Crippen LogP contribution in [0.2, 0.25) is 5.02 Å². The van der Waals surface area contributed by atoms with Crippen LogP contribution in [0.3, 0.4) is 0 Å². The van der Waals surface area contributed by atoms with E-state index in [4.69, 9.17) is 16.3 Å². The maximum Gasteiger partial charge on any atom is 0.418 e. The number of thiazole rings is 1. The number of alkyl halides is 3. The second kappa shape index (κ2) is 9.44. The molecule has 0 fully saturated rings. The molecule has 0 aromatic carbocycles. The quantitative estimate of drug-likeness (QED) is 0.544. The zero-order valence-corrected chi connectivity index (χ0v) is 18.0. The van der Waals surface area contributed by atoms with E-state index in [0.29, 0.717) is 11.1 Å². The summed E-state index contributed by atoms with van der Waals surface area (Å²) in [4.78, 5) is 40.3. The summed E-state index contributed by atoms with van der Waals surface area (Å²) in [6, 6.07) is 1.42. The average Bonchev–Trinajstić information content (AvgIpc) is 3.25. The molecule has 0 saturated heterocycles. The third-order valence-electron chi connectivity index (χ3n) is 3.95. The molecule has 0 spiro atoms. The van der Waals surface area contributed by atoms with Crippen LogP contribution in [0, 0.1) is 0 Å². The van der Waals surface area contributed by atoms with Crippen LogP contribution in [-0.4, -0.2) is 38.9 Å². The highest BCUT2D eigenvalue weighted by atomic mass is 35.5. The van der Waals surface area contributed by atoms with Crippen LogP contribution in [0.25, 0.3) is 0 Å². The Bertz CT molecular complexity index is 1160. The average molecular weight is 487 g/mol. The molecule has 0 aliphatic carbocycles. The van der Waals surface area contributed by atoms with E-state index in [1.807, 2.05) is 0 Å². The van der Waals surface area contributed by atoms with Gasteiger partial charge >= 0.3 is 6.18 Å². The first-order valence-electron chi connectivity index (χ1n) is 8.75. The maximum atomic E-state index is 13.0. The van der Waals surface area contributed by atoms with Gasteiger partial charge in [-0.1, -0.05) is 11.6 Å². The lowest BCUT2D eigenvalue weighted by atomic mass is 10.2. The summed E-state index contributed by atoms with van der Waals surface area (Å²) in [5, 5.41) is 4.76. The number of halogens is 4. The SMILES string of the molecule is COc1cc(C(=O)NC(C)c2ncc(C(=O)Nc3cc(C(F)(F)F)c(Cl)cn3)s2)ncn1. The van der Waals surface area contributed by atoms with Gasteiger partial charge in [0.15, 0.2) is 0 Å². The lowest BCUT2D eigenvalue weighted by Crippen LogP contribution is -2.27. The standard InChI is InChI=1S/C18H14ClF3N6O3S/c1-8(27-15(29)11-4-14(31-2)26-7-25-11)17-24-6-12(32-17)16(30)28-13-3-9(18(20,21)22)10(19)5-23-13/h3-8H,1-2H3,(H,27,29)(H,23,28,30). The zero-order chi connectivity index (χ0) is 23.5. The van der Waals surface area contributed by atoms with E-state index in [2.05, 4.69) is 30.6 Å². The van der Waals surface area contributed by atoms with E-state index in [1.165, 1.54) is 25.7 Å². The minimum atomic E-state index is -4.70. The van der Waals surface area contributed by atoms with Gasteiger partial charge in [0.2, 0.25) is 5.88 Å². The number of ether oxygens (including phenoxy) is 1. The molecule has 3 heterocycles. The number of carbonyl (C=O) groups excluding carboxylic acids is 2. The van der Waals surface area contributed by atoms with Gasteiger partial charge < -0.3 is 15.4 Å². The van der Waals surface area contributed by atoms with Gasteiger partial charge in [0, 0.05) is 12.3 Å². The number of methoxy groups -OCH3 is 1. The second-order valence-corrected chi connectivity index (χ2v) is 7.67. The highest BCUT2D eigenvalue weighted by Gasteiger charge is 2.34. The number of amides is 2. The fraction of sp³-hybridized carbons (Fsp3) is 0.222. The molecule has 3 aromatic heterocycles. The van der Waals surface area contributed by atoms with E-state index in [0.717, 1.165) is 17.5 Å². The van der Waals surface area contributed by atoms with Crippen molar-refractivity contribution in [1.29, 1.82) is 0 Å². The first-order chi connectivity index (χ1) is 15.1. The number of rotatable bonds is 6. The van der Waals surface area contributed by atoms with E-state index < -0.39 is 34.6 Å². The number of nitrogens with one attached hydrogen (secondary N) is 2. The Balaban J connectivity index is 1.68. The third kappa shape index (κ3) is 5.48. The predicted octanol–water partition coefficient (Wildman–Crippen LogP) is 3.75. The molecule has 168 valence electrons. The van der Waals surface area contributed by atoms with Crippen molar-refractivity contribution in [1.82, 2.24) is 25.3 Å². The normalized spacial score (nSPS) is 12.2. The minimum Gasteiger partial charge on any atom is -0.481 e. The van der Waals surface area contributed by atoms with Crippen molar-refractivity contribution in [2.24, 2.45) is 0 Å². The molecular weight excluding hydrogens is 473 g/mol. The Morgan fingerprint density at radius 3 is 2.56 bits per heavy atom. The lowest BCUT2D eigenvalue weighted by molar-refractivity contribution is -0.137. The monoisotopic (exact) mass is 486 g/mol. The van der Waals surface area contributed by atoms with E-state index in [1.54, 1.807) is 6.92 Å². The van der Waals surface area contributed by atoms with Gasteiger partial charge in [0.1, 0.15) is 27.7 Å². The minimum absolute atomic E-state index is 0.0764. The summed E-state index contributed by atoms with van der Waals surface area (Å²) >= 11 is 6.48. The molecule has 0 saturated carbocycles. The van der Waals surface area contributed by atoms with Gasteiger partial charge in [-0.2, -0.15) is 13.2 Å². The zero-order valence-electron chi connectivity index (χ0n) is 16.4. The van der Waals surface area contributed by atoms with Crippen LogP contribution in [0.1, 0.15) is 43.7 Å². The molecule has 0 bridgehead atoms. The molecule has 1 atom stereocenters. The van der Waals surface area contributed by atoms with Crippen molar-refractivity contribution in [3.8, 4) is 5.88 Å². The van der Waals surface area contributed by atoms with Crippen LogP contribution in [-0.2, 0) is 6.18 Å². The van der Waals surface area contributed by atoms with E-state index in [9.17, 15) is 22.8 Å². The molecule has 0 aliphatic rings. The van der Waals surface area contributed by atoms with Gasteiger partial charge in [-0.3, -0.25) is 9.59 Å². The third-order valence-corrected chi connectivity index (χ3v) is 5.43. The molecular formula is C18H14ClF3N6O3S. The maximum absolute atomic E-state index is 13.0. The van der Waals surface area contributed by atoms with Crippen molar-refractivity contribution >= 4 is 40.6 Å². The topological polar surface area (TPSA) is 119 Å². The molecule has 14 heteroatoms. The first-order valence-corrected chi connectivity index (χ1v) is 9.94. The summed E-state index contributed by atoms with van der Waals surface area (Å²) in [5.41, 5.74) is -1.04. The van der Waals surface area contributed by atoms with E-state index in [-0.39, 0.29) is 22.3 Å².